The van der Waals surface area contributed by atoms with Gasteiger partial charge in [-0.25, -0.2) is 0 Å². The van der Waals surface area contributed by atoms with Crippen molar-refractivity contribution in [2.75, 3.05) is 0 Å². The average molecular weight is 425 g/mol. The van der Waals surface area contributed by atoms with Gasteiger partial charge in [-0.2, -0.15) is 10.5 Å². The first-order valence-corrected chi connectivity index (χ1v) is 10.4. The van der Waals surface area contributed by atoms with E-state index in [-0.39, 0.29) is 11.4 Å². The molecule has 33 heavy (non-hydrogen) atoms. The first-order valence-electron chi connectivity index (χ1n) is 10.4. The van der Waals surface area contributed by atoms with E-state index >= 15 is 0 Å². The molecule has 156 valence electrons. The molecule has 0 atom stereocenters. The molecule has 0 unspecified atom stereocenters. The number of allylic oxidation sites excluding steroid dienone is 5. The van der Waals surface area contributed by atoms with Crippen molar-refractivity contribution in [1.82, 2.24) is 4.90 Å². The van der Waals surface area contributed by atoms with Crippen LogP contribution in [0.15, 0.2) is 126 Å². The molecule has 0 amide bonds. The molecule has 0 saturated carbocycles. The average Bonchev–Trinajstić information content (AvgIpc) is 2.89. The number of nitriles is 2. The summed E-state index contributed by atoms with van der Waals surface area (Å²) in [5.41, 5.74) is 4.05. The number of nitrogens with zero attached hydrogens (tertiary/aromatic N) is 3. The monoisotopic (exact) mass is 425 g/mol. The molecule has 4 nitrogen and oxygen atoms in total. The van der Waals surface area contributed by atoms with E-state index in [1.807, 2.05) is 84.9 Å². The Morgan fingerprint density at radius 2 is 1.36 bits per heavy atom. The molecule has 0 aliphatic carbocycles. The smallest absolute Gasteiger partial charge is 0.209 e. The molecule has 1 heterocycles. The summed E-state index contributed by atoms with van der Waals surface area (Å²) in [6.07, 6.45) is 8.62. The number of hydrogen-bond acceptors (Lipinski definition) is 4. The van der Waals surface area contributed by atoms with Crippen molar-refractivity contribution in [3.8, 4) is 23.3 Å². The summed E-state index contributed by atoms with van der Waals surface area (Å²) in [5, 5.41) is 18.9. The van der Waals surface area contributed by atoms with Crippen LogP contribution in [0.2, 0.25) is 0 Å². The summed E-state index contributed by atoms with van der Waals surface area (Å²) >= 11 is 0. The zero-order chi connectivity index (χ0) is 23.0. The summed E-state index contributed by atoms with van der Waals surface area (Å²) in [5.74, 6) is -0.217. The molecule has 0 fully saturated rings. The van der Waals surface area contributed by atoms with Crippen LogP contribution in [0.3, 0.4) is 0 Å². The van der Waals surface area contributed by atoms with Gasteiger partial charge >= 0.3 is 0 Å². The van der Waals surface area contributed by atoms with Crippen LogP contribution in [0.5, 0.6) is 0 Å². The third-order valence-corrected chi connectivity index (χ3v) is 5.19. The fraction of sp³-hybridized carbons (Fsp3) is 0. The lowest BCUT2D eigenvalue weighted by Gasteiger charge is -2.26. The van der Waals surface area contributed by atoms with E-state index in [1.165, 1.54) is 0 Å². The van der Waals surface area contributed by atoms with Gasteiger partial charge < -0.3 is 4.90 Å². The minimum absolute atomic E-state index is 0.0678. The van der Waals surface area contributed by atoms with Crippen molar-refractivity contribution in [1.29, 1.82) is 10.5 Å². The van der Waals surface area contributed by atoms with E-state index in [9.17, 15) is 15.3 Å². The molecule has 3 aromatic carbocycles. The fourth-order valence-electron chi connectivity index (χ4n) is 3.54. The van der Waals surface area contributed by atoms with E-state index < -0.39 is 0 Å². The van der Waals surface area contributed by atoms with E-state index in [1.54, 1.807) is 47.5 Å². The SMILES string of the molecule is N#CC(C#N)=C1C=CC=CN1/C(=C/c1ccccc1)C(=O)c1ccc(-c2ccccc2)cc1. The highest BCUT2D eigenvalue weighted by Gasteiger charge is 2.23. The maximum atomic E-state index is 13.7. The van der Waals surface area contributed by atoms with Crippen molar-refractivity contribution >= 4 is 11.9 Å². The number of carbonyl (C=O) groups excluding carboxylic acids is 1. The zero-order valence-corrected chi connectivity index (χ0v) is 17.7. The number of hydrogen-bond donors (Lipinski definition) is 0. The maximum absolute atomic E-state index is 13.7. The van der Waals surface area contributed by atoms with E-state index in [2.05, 4.69) is 0 Å². The van der Waals surface area contributed by atoms with Gasteiger partial charge in [-0.1, -0.05) is 91.0 Å². The van der Waals surface area contributed by atoms with Gasteiger partial charge in [-0.15, -0.1) is 0 Å². The van der Waals surface area contributed by atoms with E-state index in [0.717, 1.165) is 16.7 Å². The van der Waals surface area contributed by atoms with Crippen molar-refractivity contribution in [2.45, 2.75) is 0 Å². The highest BCUT2D eigenvalue weighted by molar-refractivity contribution is 6.11. The van der Waals surface area contributed by atoms with Crippen LogP contribution >= 0.6 is 0 Å². The molecule has 0 N–H and O–H groups in total. The molecule has 4 heteroatoms. The van der Waals surface area contributed by atoms with Gasteiger partial charge in [0.25, 0.3) is 0 Å². The van der Waals surface area contributed by atoms with Crippen LogP contribution in [0.4, 0.5) is 0 Å². The van der Waals surface area contributed by atoms with Crippen molar-refractivity contribution in [3.63, 3.8) is 0 Å². The van der Waals surface area contributed by atoms with Gasteiger partial charge in [0, 0.05) is 11.8 Å². The Morgan fingerprint density at radius 1 is 0.758 bits per heavy atom. The van der Waals surface area contributed by atoms with Crippen LogP contribution in [0, 0.1) is 22.7 Å². The summed E-state index contributed by atoms with van der Waals surface area (Å²) < 4.78 is 0. The minimum Gasteiger partial charge on any atom is -0.312 e. The van der Waals surface area contributed by atoms with Crippen LogP contribution < -0.4 is 0 Å². The van der Waals surface area contributed by atoms with E-state index in [0.29, 0.717) is 17.0 Å². The minimum atomic E-state index is -0.217. The molecular formula is C29H19N3O. The fourth-order valence-corrected chi connectivity index (χ4v) is 3.54. The lowest BCUT2D eigenvalue weighted by atomic mass is 9.99. The van der Waals surface area contributed by atoms with Crippen LogP contribution in [0.1, 0.15) is 15.9 Å². The summed E-state index contributed by atoms with van der Waals surface area (Å²) in [6, 6.07) is 30.7. The first-order chi connectivity index (χ1) is 16.2. The highest BCUT2D eigenvalue weighted by Crippen LogP contribution is 2.27. The lowest BCUT2D eigenvalue weighted by Crippen LogP contribution is -2.24. The molecule has 3 aromatic rings. The Labute approximate surface area is 193 Å². The van der Waals surface area contributed by atoms with Gasteiger partial charge in [-0.3, -0.25) is 4.79 Å². The predicted octanol–water partition coefficient (Wildman–Crippen LogP) is 6.26. The number of carbonyl (C=O) groups is 1. The van der Waals surface area contributed by atoms with Crippen LogP contribution in [-0.4, -0.2) is 10.7 Å². The normalized spacial score (nSPS) is 12.7. The van der Waals surface area contributed by atoms with Crippen molar-refractivity contribution < 1.29 is 4.79 Å². The van der Waals surface area contributed by atoms with Gasteiger partial charge in [-0.05, 0) is 34.9 Å². The Hall–Kier alpha value is -4.93. The molecule has 0 spiro atoms. The van der Waals surface area contributed by atoms with Crippen LogP contribution in [-0.2, 0) is 0 Å². The summed E-state index contributed by atoms with van der Waals surface area (Å²) in [4.78, 5) is 15.3. The Balaban J connectivity index is 1.78. The third-order valence-electron chi connectivity index (χ3n) is 5.19. The molecule has 0 bridgehead atoms. The van der Waals surface area contributed by atoms with Gasteiger partial charge in [0.05, 0.1) is 11.4 Å². The quantitative estimate of drug-likeness (QED) is 0.275. The lowest BCUT2D eigenvalue weighted by molar-refractivity contribution is 0.101. The molecule has 1 aliphatic heterocycles. The second-order valence-corrected chi connectivity index (χ2v) is 7.27. The van der Waals surface area contributed by atoms with Gasteiger partial charge in [0.15, 0.2) is 5.57 Å². The summed E-state index contributed by atoms with van der Waals surface area (Å²) in [6.45, 7) is 0. The number of benzene rings is 3. The zero-order valence-electron chi connectivity index (χ0n) is 17.7. The predicted molar refractivity (Wildman–Crippen MR) is 129 cm³/mol. The highest BCUT2D eigenvalue weighted by atomic mass is 16.1. The molecule has 0 saturated heterocycles. The standard InChI is InChI=1S/C29H19N3O/c30-20-26(21-31)27-13-7-8-18-32(27)28(19-22-9-3-1-4-10-22)29(33)25-16-14-24(15-17-25)23-11-5-2-6-12-23/h1-19H/b28-19+. The number of ketones is 1. The Morgan fingerprint density at radius 3 is 2.00 bits per heavy atom. The topological polar surface area (TPSA) is 67.9 Å². The van der Waals surface area contributed by atoms with Crippen molar-refractivity contribution in [2.24, 2.45) is 0 Å². The van der Waals surface area contributed by atoms with Crippen molar-refractivity contribution in [3.05, 3.63) is 137 Å². The second-order valence-electron chi connectivity index (χ2n) is 7.27. The molecule has 0 aromatic heterocycles. The Kier molecular flexibility index (Phi) is 6.40. The molecule has 0 radical (unpaired) electrons. The molecule has 1 aliphatic rings. The Bertz CT molecular complexity index is 1350. The summed E-state index contributed by atoms with van der Waals surface area (Å²) in [7, 11) is 0. The molecule has 4 rings (SSSR count). The first kappa shape index (κ1) is 21.3. The van der Waals surface area contributed by atoms with Gasteiger partial charge in [0.2, 0.25) is 5.78 Å². The number of rotatable bonds is 5. The third kappa shape index (κ3) is 4.71. The second kappa shape index (κ2) is 9.92. The van der Waals surface area contributed by atoms with E-state index in [4.69, 9.17) is 0 Å². The van der Waals surface area contributed by atoms with Crippen LogP contribution in [0.25, 0.3) is 17.2 Å². The largest absolute Gasteiger partial charge is 0.312 e. The maximum Gasteiger partial charge on any atom is 0.209 e. The molecular weight excluding hydrogens is 406 g/mol. The van der Waals surface area contributed by atoms with Gasteiger partial charge in [0.1, 0.15) is 12.1 Å². The number of Topliss-reactive ketones (excluding diaryl/α,β-unsaturated/α-hetero) is 1.